The predicted octanol–water partition coefficient (Wildman–Crippen LogP) is -0.000600. The van der Waals surface area contributed by atoms with E-state index in [9.17, 15) is 0 Å². The Bertz CT molecular complexity index is 124. The average Bonchev–Trinajstić information content (AvgIpc) is 2.15. The SMILES string of the molecule is OCC1COCCN1CCCS. The Morgan fingerprint density at radius 1 is 1.58 bits per heavy atom. The van der Waals surface area contributed by atoms with E-state index in [1.807, 2.05) is 0 Å². The van der Waals surface area contributed by atoms with Gasteiger partial charge in [0, 0.05) is 6.54 Å². The van der Waals surface area contributed by atoms with Crippen LogP contribution in [0.25, 0.3) is 0 Å². The maximum absolute atomic E-state index is 9.02. The molecule has 4 heteroatoms. The Hall–Kier alpha value is 0.230. The molecule has 1 fully saturated rings. The van der Waals surface area contributed by atoms with Gasteiger partial charge < -0.3 is 9.84 Å². The Morgan fingerprint density at radius 3 is 3.08 bits per heavy atom. The summed E-state index contributed by atoms with van der Waals surface area (Å²) in [5, 5.41) is 9.02. The van der Waals surface area contributed by atoms with Crippen molar-refractivity contribution in [3.63, 3.8) is 0 Å². The Morgan fingerprint density at radius 2 is 2.42 bits per heavy atom. The first kappa shape index (κ1) is 10.3. The maximum Gasteiger partial charge on any atom is 0.0644 e. The second kappa shape index (κ2) is 5.80. The van der Waals surface area contributed by atoms with Crippen molar-refractivity contribution in [2.75, 3.05) is 38.7 Å². The first-order valence-electron chi connectivity index (χ1n) is 4.42. The third kappa shape index (κ3) is 2.94. The van der Waals surface area contributed by atoms with E-state index in [1.165, 1.54) is 0 Å². The quantitative estimate of drug-likeness (QED) is 0.614. The first-order chi connectivity index (χ1) is 5.88. The molecule has 1 heterocycles. The van der Waals surface area contributed by atoms with Crippen LogP contribution < -0.4 is 0 Å². The van der Waals surface area contributed by atoms with Crippen molar-refractivity contribution in [2.45, 2.75) is 12.5 Å². The number of aliphatic hydroxyl groups excluding tert-OH is 1. The lowest BCUT2D eigenvalue weighted by Crippen LogP contribution is -2.47. The molecule has 3 nitrogen and oxygen atoms in total. The van der Waals surface area contributed by atoms with Gasteiger partial charge in [0.1, 0.15) is 0 Å². The molecule has 0 aromatic rings. The van der Waals surface area contributed by atoms with Crippen molar-refractivity contribution in [1.82, 2.24) is 4.90 Å². The van der Waals surface area contributed by atoms with Crippen LogP contribution in [0.2, 0.25) is 0 Å². The highest BCUT2D eigenvalue weighted by Crippen LogP contribution is 2.06. The Kier molecular flexibility index (Phi) is 4.99. The first-order valence-corrected chi connectivity index (χ1v) is 5.05. The van der Waals surface area contributed by atoms with Crippen molar-refractivity contribution in [3.05, 3.63) is 0 Å². The maximum atomic E-state index is 9.02. The minimum atomic E-state index is 0.201. The van der Waals surface area contributed by atoms with Crippen molar-refractivity contribution >= 4 is 12.6 Å². The molecule has 0 radical (unpaired) electrons. The van der Waals surface area contributed by atoms with Gasteiger partial charge in [-0.05, 0) is 18.7 Å². The fourth-order valence-electron chi connectivity index (χ4n) is 1.43. The van der Waals surface area contributed by atoms with Crippen LogP contribution in [0.5, 0.6) is 0 Å². The minimum Gasteiger partial charge on any atom is -0.395 e. The predicted molar refractivity (Wildman–Crippen MR) is 51.7 cm³/mol. The van der Waals surface area contributed by atoms with Gasteiger partial charge in [-0.25, -0.2) is 0 Å². The van der Waals surface area contributed by atoms with E-state index in [2.05, 4.69) is 17.5 Å². The molecule has 1 saturated heterocycles. The average molecular weight is 191 g/mol. The molecule has 1 rings (SSSR count). The molecule has 0 spiro atoms. The zero-order valence-electron chi connectivity index (χ0n) is 7.28. The minimum absolute atomic E-state index is 0.201. The third-order valence-corrected chi connectivity index (χ3v) is 2.48. The highest BCUT2D eigenvalue weighted by molar-refractivity contribution is 7.80. The van der Waals surface area contributed by atoms with Crippen LogP contribution in [0.1, 0.15) is 6.42 Å². The molecule has 1 aliphatic heterocycles. The molecule has 12 heavy (non-hydrogen) atoms. The number of hydrogen-bond acceptors (Lipinski definition) is 4. The van der Waals surface area contributed by atoms with E-state index < -0.39 is 0 Å². The molecule has 1 N–H and O–H groups in total. The smallest absolute Gasteiger partial charge is 0.0644 e. The second-order valence-electron chi connectivity index (χ2n) is 3.02. The number of hydrogen-bond donors (Lipinski definition) is 2. The number of rotatable bonds is 4. The standard InChI is InChI=1S/C8H17NO2S/c10-6-8-7-11-4-3-9(8)2-1-5-12/h8,10,12H,1-7H2. The topological polar surface area (TPSA) is 32.7 Å². The normalized spacial score (nSPS) is 26.0. The van der Waals surface area contributed by atoms with E-state index in [0.29, 0.717) is 6.61 Å². The van der Waals surface area contributed by atoms with Gasteiger partial charge in [-0.3, -0.25) is 4.90 Å². The molecule has 0 bridgehead atoms. The molecule has 72 valence electrons. The Labute approximate surface area is 79.1 Å². The van der Waals surface area contributed by atoms with Crippen LogP contribution >= 0.6 is 12.6 Å². The van der Waals surface area contributed by atoms with Crippen molar-refractivity contribution < 1.29 is 9.84 Å². The monoisotopic (exact) mass is 191 g/mol. The number of thiol groups is 1. The number of morpholine rings is 1. The summed E-state index contributed by atoms with van der Waals surface area (Å²) in [6.07, 6.45) is 1.08. The van der Waals surface area contributed by atoms with Gasteiger partial charge in [0.2, 0.25) is 0 Å². The van der Waals surface area contributed by atoms with Crippen LogP contribution in [-0.4, -0.2) is 54.7 Å². The van der Waals surface area contributed by atoms with E-state index in [1.54, 1.807) is 0 Å². The summed E-state index contributed by atoms with van der Waals surface area (Å²) in [5.74, 6) is 0.912. The molecule has 0 amide bonds. The number of nitrogens with zero attached hydrogens (tertiary/aromatic N) is 1. The van der Waals surface area contributed by atoms with Crippen LogP contribution in [0.15, 0.2) is 0 Å². The largest absolute Gasteiger partial charge is 0.395 e. The lowest BCUT2D eigenvalue weighted by molar-refractivity contribution is -0.0270. The van der Waals surface area contributed by atoms with E-state index in [0.717, 1.165) is 31.9 Å². The van der Waals surface area contributed by atoms with Crippen LogP contribution in [0.3, 0.4) is 0 Å². The lowest BCUT2D eigenvalue weighted by Gasteiger charge is -2.34. The molecular formula is C8H17NO2S. The summed E-state index contributed by atoms with van der Waals surface area (Å²) in [7, 11) is 0. The van der Waals surface area contributed by atoms with Crippen molar-refractivity contribution in [1.29, 1.82) is 0 Å². The second-order valence-corrected chi connectivity index (χ2v) is 3.47. The van der Waals surface area contributed by atoms with Crippen LogP contribution in [0, 0.1) is 0 Å². The Balaban J connectivity index is 2.26. The van der Waals surface area contributed by atoms with Gasteiger partial charge in [0.15, 0.2) is 0 Å². The highest BCUT2D eigenvalue weighted by Gasteiger charge is 2.20. The number of ether oxygens (including phenoxy) is 1. The summed E-state index contributed by atoms with van der Waals surface area (Å²) in [5.41, 5.74) is 0. The summed E-state index contributed by atoms with van der Waals surface area (Å²) >= 11 is 4.16. The van der Waals surface area contributed by atoms with E-state index in [4.69, 9.17) is 9.84 Å². The molecule has 1 atom stereocenters. The lowest BCUT2D eigenvalue weighted by atomic mass is 10.2. The molecular weight excluding hydrogens is 174 g/mol. The van der Waals surface area contributed by atoms with Gasteiger partial charge in [-0.15, -0.1) is 0 Å². The summed E-state index contributed by atoms with van der Waals surface area (Å²) in [6, 6.07) is 0.207. The molecule has 0 aliphatic carbocycles. The van der Waals surface area contributed by atoms with Crippen LogP contribution in [-0.2, 0) is 4.74 Å². The van der Waals surface area contributed by atoms with Gasteiger partial charge in [-0.2, -0.15) is 12.6 Å². The molecule has 1 aliphatic rings. The van der Waals surface area contributed by atoms with Gasteiger partial charge in [0.25, 0.3) is 0 Å². The van der Waals surface area contributed by atoms with Gasteiger partial charge in [-0.1, -0.05) is 0 Å². The molecule has 1 unspecified atom stereocenters. The fraction of sp³-hybridized carbons (Fsp3) is 1.00. The highest BCUT2D eigenvalue weighted by atomic mass is 32.1. The summed E-state index contributed by atoms with van der Waals surface area (Å²) in [4.78, 5) is 2.28. The summed E-state index contributed by atoms with van der Waals surface area (Å²) < 4.78 is 5.26. The van der Waals surface area contributed by atoms with E-state index in [-0.39, 0.29) is 12.6 Å². The van der Waals surface area contributed by atoms with E-state index >= 15 is 0 Å². The van der Waals surface area contributed by atoms with Crippen molar-refractivity contribution in [3.8, 4) is 0 Å². The van der Waals surface area contributed by atoms with Crippen molar-refractivity contribution in [2.24, 2.45) is 0 Å². The number of aliphatic hydroxyl groups is 1. The summed E-state index contributed by atoms with van der Waals surface area (Å²) in [6.45, 7) is 3.63. The van der Waals surface area contributed by atoms with Crippen LogP contribution in [0.4, 0.5) is 0 Å². The zero-order valence-corrected chi connectivity index (χ0v) is 8.17. The fourth-order valence-corrected chi connectivity index (χ4v) is 1.57. The van der Waals surface area contributed by atoms with Gasteiger partial charge >= 0.3 is 0 Å². The third-order valence-electron chi connectivity index (χ3n) is 2.16. The molecule has 0 aromatic heterocycles. The van der Waals surface area contributed by atoms with Gasteiger partial charge in [0.05, 0.1) is 25.9 Å². The molecule has 0 aromatic carbocycles. The zero-order chi connectivity index (χ0) is 8.81. The molecule has 0 saturated carbocycles.